The van der Waals surface area contributed by atoms with Crippen LogP contribution in [0.4, 0.5) is 11.4 Å². The molecule has 1 aromatic heterocycles. The molecule has 0 saturated carbocycles. The van der Waals surface area contributed by atoms with Crippen LogP contribution in [-0.4, -0.2) is 8.42 Å². The second-order valence-corrected chi connectivity index (χ2v) is 9.49. The average Bonchev–Trinajstić information content (AvgIpc) is 2.79. The molecule has 6 nitrogen and oxygen atoms in total. The molecular weight excluding hydrogens is 424 g/mol. The first-order chi connectivity index (χ1) is 15.3. The lowest BCUT2D eigenvalue weighted by atomic mass is 10.0. The zero-order chi connectivity index (χ0) is 22.7. The van der Waals surface area contributed by atoms with Crippen LogP contribution in [0.3, 0.4) is 0 Å². The highest BCUT2D eigenvalue weighted by Crippen LogP contribution is 2.31. The van der Waals surface area contributed by atoms with Crippen molar-refractivity contribution in [3.8, 4) is 0 Å². The molecular formula is C25H24N2O4S. The molecule has 0 radical (unpaired) electrons. The molecule has 0 aliphatic carbocycles. The number of hydrogen-bond acceptors (Lipinski definition) is 5. The Bertz CT molecular complexity index is 1390. The fourth-order valence-corrected chi connectivity index (χ4v) is 4.50. The van der Waals surface area contributed by atoms with Gasteiger partial charge in [-0.25, -0.2) is 13.2 Å². The molecule has 3 aromatic carbocycles. The van der Waals surface area contributed by atoms with Gasteiger partial charge >= 0.3 is 5.63 Å². The molecule has 1 heterocycles. The topological polar surface area (TPSA) is 88.4 Å². The summed E-state index contributed by atoms with van der Waals surface area (Å²) in [7, 11) is -4.00. The molecule has 2 N–H and O–H groups in total. The minimum Gasteiger partial charge on any atom is -0.421 e. The Hall–Kier alpha value is -3.58. The molecule has 4 rings (SSSR count). The molecule has 0 bridgehead atoms. The van der Waals surface area contributed by atoms with Gasteiger partial charge in [0.05, 0.1) is 10.6 Å². The molecule has 0 aliphatic rings. The van der Waals surface area contributed by atoms with E-state index >= 15 is 0 Å². The standard InChI is InChI=1S/C25H24N2O4S/c1-17(2)19-12-14-20(15-13-19)32(29,30)27-24-23(26-16-18-8-4-3-5-9-18)21-10-6-7-11-22(21)31-25(24)28/h3-15,17,26-27H,16H2,1-2H3. The highest BCUT2D eigenvalue weighted by Gasteiger charge is 2.22. The summed E-state index contributed by atoms with van der Waals surface area (Å²) in [5.74, 6) is 0.279. The van der Waals surface area contributed by atoms with Crippen molar-refractivity contribution in [2.75, 3.05) is 10.0 Å². The molecule has 0 amide bonds. The van der Waals surface area contributed by atoms with E-state index < -0.39 is 15.6 Å². The Kier molecular flexibility index (Phi) is 6.01. The van der Waals surface area contributed by atoms with Gasteiger partial charge in [-0.2, -0.15) is 0 Å². The van der Waals surface area contributed by atoms with Crippen molar-refractivity contribution in [1.82, 2.24) is 0 Å². The quantitative estimate of drug-likeness (QED) is 0.373. The van der Waals surface area contributed by atoms with E-state index in [4.69, 9.17) is 4.42 Å². The fraction of sp³-hybridized carbons (Fsp3) is 0.160. The number of anilines is 2. The van der Waals surface area contributed by atoms with Crippen molar-refractivity contribution in [1.29, 1.82) is 0 Å². The summed E-state index contributed by atoms with van der Waals surface area (Å²) >= 11 is 0. The van der Waals surface area contributed by atoms with Crippen molar-refractivity contribution in [3.63, 3.8) is 0 Å². The van der Waals surface area contributed by atoms with Gasteiger partial charge in [-0.1, -0.05) is 68.4 Å². The van der Waals surface area contributed by atoms with Crippen molar-refractivity contribution in [2.45, 2.75) is 31.2 Å². The van der Waals surface area contributed by atoms with Gasteiger partial charge in [-0.05, 0) is 41.3 Å². The smallest absolute Gasteiger partial charge is 0.363 e. The third-order valence-corrected chi connectivity index (χ3v) is 6.58. The molecule has 4 aromatic rings. The molecule has 0 spiro atoms. The van der Waals surface area contributed by atoms with Crippen LogP contribution in [0.1, 0.15) is 30.9 Å². The number of sulfonamides is 1. The van der Waals surface area contributed by atoms with Gasteiger partial charge in [-0.15, -0.1) is 0 Å². The van der Waals surface area contributed by atoms with Crippen LogP contribution in [0.5, 0.6) is 0 Å². The van der Waals surface area contributed by atoms with E-state index in [1.54, 1.807) is 36.4 Å². The molecule has 0 unspecified atom stereocenters. The largest absolute Gasteiger partial charge is 0.421 e. The lowest BCUT2D eigenvalue weighted by molar-refractivity contribution is 0.563. The first-order valence-corrected chi connectivity index (χ1v) is 11.8. The van der Waals surface area contributed by atoms with Gasteiger partial charge in [0.25, 0.3) is 10.0 Å². The maximum absolute atomic E-state index is 13.1. The molecule has 164 valence electrons. The van der Waals surface area contributed by atoms with Gasteiger partial charge in [-0.3, -0.25) is 4.72 Å². The number of para-hydroxylation sites is 1. The summed E-state index contributed by atoms with van der Waals surface area (Å²) in [6, 6.07) is 23.3. The van der Waals surface area contributed by atoms with E-state index in [2.05, 4.69) is 10.0 Å². The highest BCUT2D eigenvalue weighted by molar-refractivity contribution is 7.92. The van der Waals surface area contributed by atoms with Gasteiger partial charge < -0.3 is 9.73 Å². The van der Waals surface area contributed by atoms with Crippen LogP contribution in [0.15, 0.2) is 93.0 Å². The Morgan fingerprint density at radius 1 is 0.844 bits per heavy atom. The molecule has 32 heavy (non-hydrogen) atoms. The van der Waals surface area contributed by atoms with Crippen LogP contribution < -0.4 is 15.7 Å². The lowest BCUT2D eigenvalue weighted by Gasteiger charge is -2.16. The van der Waals surface area contributed by atoms with Gasteiger partial charge in [0.15, 0.2) is 5.69 Å². The van der Waals surface area contributed by atoms with E-state index in [1.165, 1.54) is 12.1 Å². The zero-order valence-corrected chi connectivity index (χ0v) is 18.6. The number of nitrogens with one attached hydrogen (secondary N) is 2. The van der Waals surface area contributed by atoms with Crippen LogP contribution >= 0.6 is 0 Å². The normalized spacial score (nSPS) is 11.6. The summed E-state index contributed by atoms with van der Waals surface area (Å²) in [6.07, 6.45) is 0. The van der Waals surface area contributed by atoms with Crippen molar-refractivity contribution in [3.05, 3.63) is 100 Å². The molecule has 0 atom stereocenters. The minimum atomic E-state index is -4.00. The Morgan fingerprint density at radius 3 is 2.19 bits per heavy atom. The zero-order valence-electron chi connectivity index (χ0n) is 17.8. The monoisotopic (exact) mass is 448 g/mol. The van der Waals surface area contributed by atoms with Crippen molar-refractivity contribution >= 4 is 32.4 Å². The summed E-state index contributed by atoms with van der Waals surface area (Å²) in [4.78, 5) is 12.9. The Labute approximate surface area is 187 Å². The summed E-state index contributed by atoms with van der Waals surface area (Å²) in [6.45, 7) is 4.48. The molecule has 0 fully saturated rings. The Balaban J connectivity index is 1.75. The summed E-state index contributed by atoms with van der Waals surface area (Å²) in [5, 5.41) is 3.83. The average molecular weight is 449 g/mol. The SMILES string of the molecule is CC(C)c1ccc(S(=O)(=O)Nc2c(NCc3ccccc3)c3ccccc3oc2=O)cc1. The maximum atomic E-state index is 13.1. The summed E-state index contributed by atoms with van der Waals surface area (Å²) < 4.78 is 34.0. The van der Waals surface area contributed by atoms with Gasteiger partial charge in [0.1, 0.15) is 5.58 Å². The minimum absolute atomic E-state index is 0.0727. The predicted molar refractivity (Wildman–Crippen MR) is 128 cm³/mol. The molecule has 0 aliphatic heterocycles. The van der Waals surface area contributed by atoms with E-state index in [0.29, 0.717) is 23.2 Å². The van der Waals surface area contributed by atoms with Crippen LogP contribution in [0.2, 0.25) is 0 Å². The third kappa shape index (κ3) is 4.53. The van der Waals surface area contributed by atoms with Crippen LogP contribution in [-0.2, 0) is 16.6 Å². The second kappa shape index (κ2) is 8.88. The van der Waals surface area contributed by atoms with Crippen molar-refractivity contribution in [2.24, 2.45) is 0 Å². The van der Waals surface area contributed by atoms with E-state index in [0.717, 1.165) is 11.1 Å². The van der Waals surface area contributed by atoms with Crippen LogP contribution in [0, 0.1) is 0 Å². The highest BCUT2D eigenvalue weighted by atomic mass is 32.2. The van der Waals surface area contributed by atoms with E-state index in [9.17, 15) is 13.2 Å². The fourth-order valence-electron chi connectivity index (χ4n) is 3.44. The number of hydrogen-bond donors (Lipinski definition) is 2. The van der Waals surface area contributed by atoms with Gasteiger partial charge in [0.2, 0.25) is 0 Å². The first-order valence-electron chi connectivity index (χ1n) is 10.3. The van der Waals surface area contributed by atoms with E-state index in [1.807, 2.05) is 44.2 Å². The van der Waals surface area contributed by atoms with Crippen molar-refractivity contribution < 1.29 is 12.8 Å². The molecule has 7 heteroatoms. The lowest BCUT2D eigenvalue weighted by Crippen LogP contribution is -2.20. The summed E-state index contributed by atoms with van der Waals surface area (Å²) in [5.41, 5.74) is 1.86. The second-order valence-electron chi connectivity index (χ2n) is 7.80. The predicted octanol–water partition coefficient (Wildman–Crippen LogP) is 5.33. The van der Waals surface area contributed by atoms with Gasteiger partial charge in [0, 0.05) is 11.9 Å². The van der Waals surface area contributed by atoms with E-state index in [-0.39, 0.29) is 16.5 Å². The first kappa shape index (κ1) is 21.6. The van der Waals surface area contributed by atoms with Crippen LogP contribution in [0.25, 0.3) is 11.0 Å². The maximum Gasteiger partial charge on any atom is 0.363 e. The number of rotatable bonds is 7. The molecule has 0 saturated heterocycles. The third-order valence-electron chi connectivity index (χ3n) is 5.22. The number of fused-ring (bicyclic) bond motifs is 1. The Morgan fingerprint density at radius 2 is 1.50 bits per heavy atom. The number of benzene rings is 3.